The first-order chi connectivity index (χ1) is 6.70. The molecule has 0 aromatic rings. The minimum atomic E-state index is 0.260. The Kier molecular flexibility index (Phi) is 4.85. The van der Waals surface area contributed by atoms with Gasteiger partial charge in [0.1, 0.15) is 0 Å². The molecule has 0 bridgehead atoms. The van der Waals surface area contributed by atoms with Gasteiger partial charge in [-0.15, -0.1) is 0 Å². The number of hydrogen-bond acceptors (Lipinski definition) is 3. The predicted molar refractivity (Wildman–Crippen MR) is 58.7 cm³/mol. The molecule has 0 spiro atoms. The van der Waals surface area contributed by atoms with E-state index in [1.165, 1.54) is 19.3 Å². The van der Waals surface area contributed by atoms with Gasteiger partial charge in [-0.25, -0.2) is 0 Å². The molecule has 0 aromatic heterocycles. The molecule has 0 aromatic carbocycles. The Morgan fingerprint density at radius 1 is 1.43 bits per heavy atom. The molecule has 1 fully saturated rings. The predicted octanol–water partition coefficient (Wildman–Crippen LogP) is 1.68. The molecule has 1 rings (SSSR count). The summed E-state index contributed by atoms with van der Waals surface area (Å²) in [4.78, 5) is 0. The highest BCUT2D eigenvalue weighted by Gasteiger charge is 2.34. The number of hydrogen-bond donors (Lipinski definition) is 2. The Labute approximate surface area is 87.4 Å². The summed E-state index contributed by atoms with van der Waals surface area (Å²) in [5.74, 6) is 6.87. The first kappa shape index (κ1) is 12.0. The summed E-state index contributed by atoms with van der Waals surface area (Å²) in [6, 6.07) is 0.337. The molecule has 1 aliphatic carbocycles. The Hall–Kier alpha value is -0.120. The van der Waals surface area contributed by atoms with Gasteiger partial charge in [0.2, 0.25) is 0 Å². The Morgan fingerprint density at radius 3 is 2.36 bits per heavy atom. The largest absolute Gasteiger partial charge is 0.377 e. The highest BCUT2D eigenvalue weighted by atomic mass is 16.5. The summed E-state index contributed by atoms with van der Waals surface area (Å²) in [6.07, 6.45) is 4.20. The van der Waals surface area contributed by atoms with E-state index >= 15 is 0 Å². The van der Waals surface area contributed by atoms with Crippen LogP contribution in [0.4, 0.5) is 0 Å². The van der Waals surface area contributed by atoms with Crippen molar-refractivity contribution >= 4 is 0 Å². The fraction of sp³-hybridized carbons (Fsp3) is 1.00. The normalized spacial score (nSPS) is 22.1. The van der Waals surface area contributed by atoms with Crippen LogP contribution in [0.3, 0.4) is 0 Å². The lowest BCUT2D eigenvalue weighted by Gasteiger charge is -2.39. The molecule has 3 heteroatoms. The quantitative estimate of drug-likeness (QED) is 0.506. The van der Waals surface area contributed by atoms with E-state index in [0.717, 1.165) is 12.5 Å². The van der Waals surface area contributed by atoms with Crippen molar-refractivity contribution in [3.05, 3.63) is 0 Å². The topological polar surface area (TPSA) is 47.3 Å². The van der Waals surface area contributed by atoms with E-state index in [1.807, 2.05) is 6.92 Å². The minimum Gasteiger partial charge on any atom is -0.377 e. The van der Waals surface area contributed by atoms with E-state index in [4.69, 9.17) is 10.6 Å². The molecular formula is C11H24N2O. The second kappa shape index (κ2) is 5.69. The van der Waals surface area contributed by atoms with Crippen molar-refractivity contribution in [3.8, 4) is 0 Å². The molecule has 0 radical (unpaired) electrons. The van der Waals surface area contributed by atoms with Gasteiger partial charge >= 0.3 is 0 Å². The van der Waals surface area contributed by atoms with Gasteiger partial charge in [-0.2, -0.15) is 0 Å². The smallest absolute Gasteiger partial charge is 0.0766 e. The Bertz CT molecular complexity index is 157. The number of rotatable bonds is 6. The Morgan fingerprint density at radius 2 is 2.07 bits per heavy atom. The average Bonchev–Trinajstić information content (AvgIpc) is 2.07. The molecule has 3 nitrogen and oxygen atoms in total. The summed E-state index contributed by atoms with van der Waals surface area (Å²) in [6.45, 7) is 7.21. The van der Waals surface area contributed by atoms with Crippen molar-refractivity contribution in [2.24, 2.45) is 17.7 Å². The third-order valence-electron chi connectivity index (χ3n) is 3.22. The maximum atomic E-state index is 5.77. The Balaban J connectivity index is 2.52. The van der Waals surface area contributed by atoms with Crippen LogP contribution in [-0.4, -0.2) is 18.8 Å². The maximum Gasteiger partial charge on any atom is 0.0766 e. The molecule has 2 atom stereocenters. The zero-order valence-corrected chi connectivity index (χ0v) is 9.62. The standard InChI is InChI=1S/C11H24N2O/c1-4-14-11(8(2)3)10(13-12)9-6-5-7-9/h8-11,13H,4-7,12H2,1-3H3. The molecule has 0 heterocycles. The van der Waals surface area contributed by atoms with Gasteiger partial charge in [0.15, 0.2) is 0 Å². The molecule has 1 aliphatic rings. The first-order valence-corrected chi connectivity index (χ1v) is 5.78. The monoisotopic (exact) mass is 200 g/mol. The second-order valence-electron chi connectivity index (χ2n) is 4.55. The van der Waals surface area contributed by atoms with Crippen molar-refractivity contribution in [2.75, 3.05) is 6.61 Å². The third kappa shape index (κ3) is 2.69. The van der Waals surface area contributed by atoms with Crippen molar-refractivity contribution < 1.29 is 4.74 Å². The summed E-state index contributed by atoms with van der Waals surface area (Å²) >= 11 is 0. The highest BCUT2D eigenvalue weighted by molar-refractivity contribution is 4.88. The van der Waals surface area contributed by atoms with Gasteiger partial charge in [0.05, 0.1) is 12.1 Å². The lowest BCUT2D eigenvalue weighted by Crippen LogP contribution is -2.53. The molecule has 0 aliphatic heterocycles. The SMILES string of the molecule is CCOC(C(C)C)C(NN)C1CCC1. The van der Waals surface area contributed by atoms with Crippen LogP contribution < -0.4 is 11.3 Å². The van der Waals surface area contributed by atoms with Crippen LogP contribution in [-0.2, 0) is 4.74 Å². The van der Waals surface area contributed by atoms with Gasteiger partial charge in [0.25, 0.3) is 0 Å². The van der Waals surface area contributed by atoms with E-state index in [9.17, 15) is 0 Å². The maximum absolute atomic E-state index is 5.77. The van der Waals surface area contributed by atoms with Crippen LogP contribution in [0.25, 0.3) is 0 Å². The van der Waals surface area contributed by atoms with Crippen LogP contribution in [0.2, 0.25) is 0 Å². The van der Waals surface area contributed by atoms with Gasteiger partial charge in [-0.3, -0.25) is 11.3 Å². The molecule has 14 heavy (non-hydrogen) atoms. The lowest BCUT2D eigenvalue weighted by molar-refractivity contribution is -0.0231. The summed E-state index contributed by atoms with van der Waals surface area (Å²) in [7, 11) is 0. The van der Waals surface area contributed by atoms with Crippen molar-refractivity contribution in [2.45, 2.75) is 52.2 Å². The van der Waals surface area contributed by atoms with E-state index < -0.39 is 0 Å². The second-order valence-corrected chi connectivity index (χ2v) is 4.55. The van der Waals surface area contributed by atoms with Gasteiger partial charge in [0, 0.05) is 6.61 Å². The molecule has 0 amide bonds. The first-order valence-electron chi connectivity index (χ1n) is 5.78. The summed E-state index contributed by atoms with van der Waals surface area (Å²) in [5.41, 5.74) is 2.95. The molecule has 2 unspecified atom stereocenters. The zero-order chi connectivity index (χ0) is 10.6. The molecule has 3 N–H and O–H groups in total. The fourth-order valence-electron chi connectivity index (χ4n) is 2.20. The van der Waals surface area contributed by atoms with E-state index in [1.54, 1.807) is 0 Å². The van der Waals surface area contributed by atoms with Crippen LogP contribution in [0.15, 0.2) is 0 Å². The molecule has 1 saturated carbocycles. The zero-order valence-electron chi connectivity index (χ0n) is 9.62. The summed E-state index contributed by atoms with van der Waals surface area (Å²) in [5, 5.41) is 0. The molecular weight excluding hydrogens is 176 g/mol. The molecule has 84 valence electrons. The van der Waals surface area contributed by atoms with Crippen LogP contribution in [0, 0.1) is 11.8 Å². The van der Waals surface area contributed by atoms with Gasteiger partial charge in [-0.1, -0.05) is 20.3 Å². The number of hydrazine groups is 1. The average molecular weight is 200 g/mol. The van der Waals surface area contributed by atoms with Crippen molar-refractivity contribution in [1.82, 2.24) is 5.43 Å². The molecule has 0 saturated heterocycles. The van der Waals surface area contributed by atoms with E-state index in [2.05, 4.69) is 19.3 Å². The number of nitrogens with two attached hydrogens (primary N) is 1. The number of ether oxygens (including phenoxy) is 1. The highest BCUT2D eigenvalue weighted by Crippen LogP contribution is 2.33. The van der Waals surface area contributed by atoms with Crippen molar-refractivity contribution in [1.29, 1.82) is 0 Å². The van der Waals surface area contributed by atoms with Crippen LogP contribution in [0.1, 0.15) is 40.0 Å². The third-order valence-corrected chi connectivity index (χ3v) is 3.22. The summed E-state index contributed by atoms with van der Waals surface area (Å²) < 4.78 is 5.77. The van der Waals surface area contributed by atoms with Gasteiger partial charge in [-0.05, 0) is 31.6 Å². The van der Waals surface area contributed by atoms with E-state index in [0.29, 0.717) is 12.0 Å². The van der Waals surface area contributed by atoms with Crippen molar-refractivity contribution in [3.63, 3.8) is 0 Å². The minimum absolute atomic E-state index is 0.260. The van der Waals surface area contributed by atoms with E-state index in [-0.39, 0.29) is 6.10 Å². The lowest BCUT2D eigenvalue weighted by atomic mass is 9.76. The van der Waals surface area contributed by atoms with Crippen LogP contribution in [0.5, 0.6) is 0 Å². The number of nitrogens with one attached hydrogen (secondary N) is 1. The fourth-order valence-corrected chi connectivity index (χ4v) is 2.20. The van der Waals surface area contributed by atoms with Gasteiger partial charge < -0.3 is 4.74 Å². The van der Waals surface area contributed by atoms with Crippen LogP contribution >= 0.6 is 0 Å².